The molecule has 0 unspecified atom stereocenters. The van der Waals surface area contributed by atoms with E-state index in [2.05, 4.69) is 26.0 Å². The molecular formula is C13H17Cl2OZr-. The standard InChI is InChI=1S/C7H9.C6H6O.2ClH.Zr/c1-6-4-3-5-7(6)2;7-6-4-2-1-3-5-6;;;/h4H,3H2,1-2H3;1-5,7H;2*1H;/q-1;;;;. The van der Waals surface area contributed by atoms with Gasteiger partial charge in [0.1, 0.15) is 5.75 Å². The van der Waals surface area contributed by atoms with E-state index >= 15 is 0 Å². The first-order valence-electron chi connectivity index (χ1n) is 4.68. The molecule has 0 saturated heterocycles. The van der Waals surface area contributed by atoms with Crippen LogP contribution >= 0.6 is 24.8 Å². The van der Waals surface area contributed by atoms with Crippen LogP contribution in [0.3, 0.4) is 0 Å². The molecule has 0 fully saturated rings. The Bertz CT molecular complexity index is 332. The molecule has 0 aromatic heterocycles. The van der Waals surface area contributed by atoms with Gasteiger partial charge in [0, 0.05) is 26.2 Å². The summed E-state index contributed by atoms with van der Waals surface area (Å²) in [7, 11) is 0. The molecular weight excluding hydrogens is 334 g/mol. The van der Waals surface area contributed by atoms with E-state index in [1.54, 1.807) is 24.3 Å². The largest absolute Gasteiger partial charge is 0.508 e. The van der Waals surface area contributed by atoms with Crippen LogP contribution in [0.5, 0.6) is 5.75 Å². The van der Waals surface area contributed by atoms with Crippen LogP contribution in [-0.2, 0) is 26.2 Å². The number of benzene rings is 1. The van der Waals surface area contributed by atoms with Crippen molar-refractivity contribution in [2.45, 2.75) is 20.3 Å². The minimum Gasteiger partial charge on any atom is -0.508 e. The van der Waals surface area contributed by atoms with Crippen LogP contribution in [0.4, 0.5) is 0 Å². The van der Waals surface area contributed by atoms with Crippen molar-refractivity contribution in [2.75, 3.05) is 0 Å². The Morgan fingerprint density at radius 2 is 1.59 bits per heavy atom. The van der Waals surface area contributed by atoms with E-state index in [4.69, 9.17) is 5.11 Å². The average Bonchev–Trinajstić information content (AvgIpc) is 2.53. The van der Waals surface area contributed by atoms with Crippen LogP contribution < -0.4 is 0 Å². The van der Waals surface area contributed by atoms with E-state index in [1.165, 1.54) is 11.1 Å². The van der Waals surface area contributed by atoms with Crippen molar-refractivity contribution in [3.8, 4) is 5.75 Å². The summed E-state index contributed by atoms with van der Waals surface area (Å²) in [5.41, 5.74) is 2.71. The molecule has 2 rings (SSSR count). The van der Waals surface area contributed by atoms with Gasteiger partial charge in [0.2, 0.25) is 0 Å². The molecule has 1 aliphatic carbocycles. The molecule has 0 heterocycles. The van der Waals surface area contributed by atoms with Gasteiger partial charge in [0.25, 0.3) is 0 Å². The van der Waals surface area contributed by atoms with Crippen LogP contribution in [0.25, 0.3) is 0 Å². The Morgan fingerprint density at radius 1 is 1.06 bits per heavy atom. The second-order valence-corrected chi connectivity index (χ2v) is 3.23. The molecule has 0 bridgehead atoms. The van der Waals surface area contributed by atoms with Crippen molar-refractivity contribution in [3.05, 3.63) is 53.6 Å². The number of phenols is 1. The molecule has 0 aliphatic heterocycles. The number of para-hydroxylation sites is 1. The Hall–Kier alpha value is -0.0369. The van der Waals surface area contributed by atoms with Gasteiger partial charge < -0.3 is 5.11 Å². The van der Waals surface area contributed by atoms with Crippen LogP contribution in [-0.4, -0.2) is 5.11 Å². The molecule has 0 radical (unpaired) electrons. The molecule has 0 amide bonds. The zero-order valence-corrected chi connectivity index (χ0v) is 14.0. The van der Waals surface area contributed by atoms with Crippen molar-refractivity contribution < 1.29 is 31.3 Å². The fourth-order valence-electron chi connectivity index (χ4n) is 1.08. The number of halogens is 2. The molecule has 0 spiro atoms. The predicted octanol–water partition coefficient (Wildman–Crippen LogP) is 4.32. The number of rotatable bonds is 0. The van der Waals surface area contributed by atoms with E-state index < -0.39 is 0 Å². The van der Waals surface area contributed by atoms with Gasteiger partial charge in [0.05, 0.1) is 0 Å². The quantitative estimate of drug-likeness (QED) is 0.690. The van der Waals surface area contributed by atoms with E-state index in [9.17, 15) is 0 Å². The average molecular weight is 351 g/mol. The first-order valence-corrected chi connectivity index (χ1v) is 4.68. The van der Waals surface area contributed by atoms with E-state index in [-0.39, 0.29) is 51.0 Å². The molecule has 1 aromatic rings. The van der Waals surface area contributed by atoms with Crippen LogP contribution in [0, 0.1) is 6.08 Å². The third-order valence-electron chi connectivity index (χ3n) is 2.12. The van der Waals surface area contributed by atoms with Crippen molar-refractivity contribution >= 4 is 24.8 Å². The van der Waals surface area contributed by atoms with Gasteiger partial charge in [-0.25, -0.2) is 11.1 Å². The SMILES string of the molecule is CC1=[C-]CC=C1C.Cl.Cl.Oc1ccccc1.[Zr]. The molecule has 0 atom stereocenters. The first kappa shape index (κ1) is 22.2. The maximum atomic E-state index is 8.63. The molecule has 4 heteroatoms. The van der Waals surface area contributed by atoms with Crippen molar-refractivity contribution in [1.29, 1.82) is 0 Å². The maximum absolute atomic E-state index is 8.63. The molecule has 0 saturated carbocycles. The Kier molecular flexibility index (Phi) is 16.2. The van der Waals surface area contributed by atoms with Gasteiger partial charge in [-0.05, 0) is 12.1 Å². The van der Waals surface area contributed by atoms with Gasteiger partial charge in [-0.15, -0.1) is 38.2 Å². The zero-order valence-electron chi connectivity index (χ0n) is 9.93. The molecule has 1 nitrogen and oxygen atoms in total. The molecule has 94 valence electrons. The zero-order chi connectivity index (χ0) is 10.4. The number of allylic oxidation sites excluding steroid dienone is 4. The summed E-state index contributed by atoms with van der Waals surface area (Å²) in [5.74, 6) is 0.322. The summed E-state index contributed by atoms with van der Waals surface area (Å²) in [4.78, 5) is 0. The summed E-state index contributed by atoms with van der Waals surface area (Å²) in [6.45, 7) is 4.22. The third-order valence-corrected chi connectivity index (χ3v) is 2.12. The minimum absolute atomic E-state index is 0. The Labute approximate surface area is 135 Å². The third kappa shape index (κ3) is 9.65. The Morgan fingerprint density at radius 3 is 1.76 bits per heavy atom. The van der Waals surface area contributed by atoms with Crippen molar-refractivity contribution in [3.63, 3.8) is 0 Å². The first-order chi connectivity index (χ1) is 6.70. The van der Waals surface area contributed by atoms with Crippen LogP contribution in [0.15, 0.2) is 47.6 Å². The smallest absolute Gasteiger partial charge is 0.115 e. The van der Waals surface area contributed by atoms with Crippen molar-refractivity contribution in [2.24, 2.45) is 0 Å². The van der Waals surface area contributed by atoms with Gasteiger partial charge >= 0.3 is 0 Å². The normalized spacial score (nSPS) is 11.4. The molecule has 17 heavy (non-hydrogen) atoms. The molecule has 1 aliphatic rings. The van der Waals surface area contributed by atoms with Crippen molar-refractivity contribution in [1.82, 2.24) is 0 Å². The number of aromatic hydroxyl groups is 1. The summed E-state index contributed by atoms with van der Waals surface area (Å²) in [5, 5.41) is 8.63. The van der Waals surface area contributed by atoms with E-state index in [0.717, 1.165) is 6.42 Å². The summed E-state index contributed by atoms with van der Waals surface area (Å²) >= 11 is 0. The molecule has 1 N–H and O–H groups in total. The number of phenolic OH excluding ortho intramolecular Hbond substituents is 1. The maximum Gasteiger partial charge on any atom is 0.115 e. The van der Waals surface area contributed by atoms with E-state index in [1.807, 2.05) is 6.07 Å². The monoisotopic (exact) mass is 349 g/mol. The van der Waals surface area contributed by atoms with Gasteiger partial charge in [0.15, 0.2) is 0 Å². The summed E-state index contributed by atoms with van der Waals surface area (Å²) in [6, 6.07) is 8.71. The van der Waals surface area contributed by atoms with Crippen LogP contribution in [0.2, 0.25) is 0 Å². The minimum atomic E-state index is 0. The van der Waals surface area contributed by atoms with Gasteiger partial charge in [-0.1, -0.05) is 25.1 Å². The summed E-state index contributed by atoms with van der Waals surface area (Å²) in [6.07, 6.45) is 6.41. The summed E-state index contributed by atoms with van der Waals surface area (Å²) < 4.78 is 0. The fourth-order valence-corrected chi connectivity index (χ4v) is 1.08. The van der Waals surface area contributed by atoms with Gasteiger partial charge in [-0.2, -0.15) is 6.08 Å². The van der Waals surface area contributed by atoms with Gasteiger partial charge in [-0.3, -0.25) is 6.08 Å². The van der Waals surface area contributed by atoms with Crippen LogP contribution in [0.1, 0.15) is 20.3 Å². The molecule has 1 aromatic carbocycles. The Balaban J connectivity index is -0.000000196. The second-order valence-electron chi connectivity index (χ2n) is 3.23. The number of hydrogen-bond donors (Lipinski definition) is 1. The predicted molar refractivity (Wildman–Crippen MR) is 73.4 cm³/mol. The number of hydrogen-bond acceptors (Lipinski definition) is 1. The second kappa shape index (κ2) is 12.4. The fraction of sp³-hybridized carbons (Fsp3) is 0.231. The van der Waals surface area contributed by atoms with E-state index in [0.29, 0.717) is 5.75 Å². The topological polar surface area (TPSA) is 20.2 Å².